The number of anilines is 1. The summed E-state index contributed by atoms with van der Waals surface area (Å²) in [4.78, 5) is 13.8. The first-order valence-corrected chi connectivity index (χ1v) is 7.58. The molecule has 2 aliphatic rings. The Kier molecular flexibility index (Phi) is 5.96. The summed E-state index contributed by atoms with van der Waals surface area (Å²) in [5.41, 5.74) is 3.07. The van der Waals surface area contributed by atoms with E-state index >= 15 is 0 Å². The van der Waals surface area contributed by atoms with Crippen molar-refractivity contribution in [3.8, 4) is 0 Å². The summed E-state index contributed by atoms with van der Waals surface area (Å²) >= 11 is 0. The molecule has 4 nitrogen and oxygen atoms in total. The number of hydrogen-bond donors (Lipinski definition) is 1. The number of nitrogens with zero attached hydrogens (tertiary/aromatic N) is 1. The van der Waals surface area contributed by atoms with E-state index in [9.17, 15) is 4.79 Å². The van der Waals surface area contributed by atoms with Crippen molar-refractivity contribution in [1.29, 1.82) is 0 Å². The van der Waals surface area contributed by atoms with Gasteiger partial charge in [-0.2, -0.15) is 0 Å². The van der Waals surface area contributed by atoms with Crippen molar-refractivity contribution in [3.05, 3.63) is 35.4 Å². The molecule has 21 heavy (non-hydrogen) atoms. The number of morpholine rings is 1. The van der Waals surface area contributed by atoms with Gasteiger partial charge in [0, 0.05) is 31.7 Å². The summed E-state index contributed by atoms with van der Waals surface area (Å²) in [6, 6.07) is 5.90. The first kappa shape index (κ1) is 15.7. The molecule has 0 unspecified atom stereocenters. The maximum absolute atomic E-state index is 11.5. The zero-order valence-electron chi connectivity index (χ0n) is 12.9. The molecule has 1 saturated heterocycles. The van der Waals surface area contributed by atoms with Crippen molar-refractivity contribution < 1.29 is 9.53 Å². The van der Waals surface area contributed by atoms with Gasteiger partial charge in [0.05, 0.1) is 18.9 Å². The standard InChI is InChI=1S/C13H15NO.C4H9NO/c1-3-14-9-5-7-11-6-4-8-12(10(2)15)13(11)14;1-3-6-4-2-5-1/h4-8H,3,9H2,1-2H3;5H,1-4H2. The van der Waals surface area contributed by atoms with Crippen molar-refractivity contribution in [2.75, 3.05) is 44.3 Å². The van der Waals surface area contributed by atoms with Gasteiger partial charge in [0.15, 0.2) is 5.78 Å². The number of fused-ring (bicyclic) bond motifs is 1. The monoisotopic (exact) mass is 288 g/mol. The number of nitrogens with one attached hydrogen (secondary N) is 1. The summed E-state index contributed by atoms with van der Waals surface area (Å²) in [6.45, 7) is 9.40. The van der Waals surface area contributed by atoms with Crippen LogP contribution >= 0.6 is 0 Å². The highest BCUT2D eigenvalue weighted by Crippen LogP contribution is 2.29. The van der Waals surface area contributed by atoms with Gasteiger partial charge in [-0.15, -0.1) is 0 Å². The Balaban J connectivity index is 0.000000225. The van der Waals surface area contributed by atoms with E-state index in [-0.39, 0.29) is 5.78 Å². The second-order valence-electron chi connectivity index (χ2n) is 5.10. The van der Waals surface area contributed by atoms with Gasteiger partial charge >= 0.3 is 0 Å². The molecular formula is C17H24N2O2. The summed E-state index contributed by atoms with van der Waals surface area (Å²) in [7, 11) is 0. The van der Waals surface area contributed by atoms with Crippen LogP contribution in [0.2, 0.25) is 0 Å². The Bertz CT molecular complexity index is 496. The molecule has 0 amide bonds. The maximum atomic E-state index is 11.5. The SMILES string of the molecule is C1COCCN1.CCN1CC=Cc2cccc(C(C)=O)c21. The second kappa shape index (κ2) is 7.96. The molecule has 0 radical (unpaired) electrons. The zero-order valence-corrected chi connectivity index (χ0v) is 12.9. The molecular weight excluding hydrogens is 264 g/mol. The van der Waals surface area contributed by atoms with Gasteiger partial charge in [-0.1, -0.05) is 24.3 Å². The van der Waals surface area contributed by atoms with Crippen LogP contribution in [0.15, 0.2) is 24.3 Å². The molecule has 2 aliphatic heterocycles. The molecule has 0 spiro atoms. The number of Topliss-reactive ketones (excluding diaryl/α,β-unsaturated/α-hetero) is 1. The van der Waals surface area contributed by atoms with E-state index in [1.165, 1.54) is 0 Å². The predicted octanol–water partition coefficient (Wildman–Crippen LogP) is 2.35. The Morgan fingerprint density at radius 1 is 1.33 bits per heavy atom. The van der Waals surface area contributed by atoms with Crippen molar-refractivity contribution in [1.82, 2.24) is 5.32 Å². The number of carbonyl (C=O) groups excluding carboxylic acids is 1. The average molecular weight is 288 g/mol. The van der Waals surface area contributed by atoms with Gasteiger partial charge in [-0.25, -0.2) is 0 Å². The van der Waals surface area contributed by atoms with Gasteiger partial charge in [0.1, 0.15) is 0 Å². The van der Waals surface area contributed by atoms with Gasteiger partial charge in [-0.05, 0) is 25.5 Å². The van der Waals surface area contributed by atoms with Crippen LogP contribution < -0.4 is 10.2 Å². The van der Waals surface area contributed by atoms with E-state index in [0.717, 1.165) is 56.2 Å². The Hall–Kier alpha value is -1.65. The predicted molar refractivity (Wildman–Crippen MR) is 87.1 cm³/mol. The average Bonchev–Trinajstić information content (AvgIpc) is 2.55. The number of para-hydroxylation sites is 1. The third kappa shape index (κ3) is 4.16. The third-order valence-corrected chi connectivity index (χ3v) is 3.61. The molecule has 2 heterocycles. The van der Waals surface area contributed by atoms with Crippen LogP contribution in [0, 0.1) is 0 Å². The Morgan fingerprint density at radius 3 is 2.62 bits per heavy atom. The van der Waals surface area contributed by atoms with Gasteiger partial charge in [0.25, 0.3) is 0 Å². The first-order valence-electron chi connectivity index (χ1n) is 7.58. The van der Waals surface area contributed by atoms with E-state index in [4.69, 9.17) is 4.74 Å². The number of ketones is 1. The highest BCUT2D eigenvalue weighted by atomic mass is 16.5. The molecule has 0 bridgehead atoms. The molecule has 0 saturated carbocycles. The topological polar surface area (TPSA) is 41.6 Å². The lowest BCUT2D eigenvalue weighted by Gasteiger charge is -2.28. The highest BCUT2D eigenvalue weighted by Gasteiger charge is 2.17. The summed E-state index contributed by atoms with van der Waals surface area (Å²) in [5.74, 6) is 0.139. The largest absolute Gasteiger partial charge is 0.379 e. The highest BCUT2D eigenvalue weighted by molar-refractivity contribution is 6.02. The lowest BCUT2D eigenvalue weighted by atomic mass is 10.0. The smallest absolute Gasteiger partial charge is 0.161 e. The van der Waals surface area contributed by atoms with Crippen molar-refractivity contribution >= 4 is 17.5 Å². The molecule has 4 heteroatoms. The fourth-order valence-electron chi connectivity index (χ4n) is 2.53. The van der Waals surface area contributed by atoms with Crippen LogP contribution in [-0.4, -0.2) is 45.2 Å². The van der Waals surface area contributed by atoms with Gasteiger partial charge < -0.3 is 15.0 Å². The normalized spacial score (nSPS) is 16.8. The van der Waals surface area contributed by atoms with Crippen molar-refractivity contribution in [2.45, 2.75) is 13.8 Å². The minimum Gasteiger partial charge on any atom is -0.379 e. The summed E-state index contributed by atoms with van der Waals surface area (Å²) < 4.78 is 5.01. The van der Waals surface area contributed by atoms with Crippen molar-refractivity contribution in [3.63, 3.8) is 0 Å². The van der Waals surface area contributed by atoms with E-state index in [1.54, 1.807) is 6.92 Å². The molecule has 1 aromatic carbocycles. The lowest BCUT2D eigenvalue weighted by molar-refractivity contribution is 0.101. The molecule has 1 fully saturated rings. The number of benzene rings is 1. The fraction of sp³-hybridized carbons (Fsp3) is 0.471. The van der Waals surface area contributed by atoms with Crippen LogP contribution in [-0.2, 0) is 4.74 Å². The number of rotatable bonds is 2. The van der Waals surface area contributed by atoms with Crippen LogP contribution in [0.3, 0.4) is 0 Å². The molecule has 1 N–H and O–H groups in total. The summed E-state index contributed by atoms with van der Waals surface area (Å²) in [6.07, 6.45) is 4.23. The molecule has 0 atom stereocenters. The maximum Gasteiger partial charge on any atom is 0.161 e. The van der Waals surface area contributed by atoms with Crippen LogP contribution in [0.25, 0.3) is 6.08 Å². The lowest BCUT2D eigenvalue weighted by Crippen LogP contribution is -2.30. The van der Waals surface area contributed by atoms with Crippen LogP contribution in [0.4, 0.5) is 5.69 Å². The summed E-state index contributed by atoms with van der Waals surface area (Å²) in [5, 5.41) is 3.16. The van der Waals surface area contributed by atoms with Gasteiger partial charge in [0.2, 0.25) is 0 Å². The molecule has 1 aromatic rings. The number of ether oxygens (including phenoxy) is 1. The van der Waals surface area contributed by atoms with Crippen LogP contribution in [0.5, 0.6) is 0 Å². The molecule has 3 rings (SSSR count). The minimum absolute atomic E-state index is 0.139. The molecule has 114 valence electrons. The molecule has 0 aromatic heterocycles. The minimum atomic E-state index is 0.139. The Labute approximate surface area is 126 Å². The Morgan fingerprint density at radius 2 is 2.10 bits per heavy atom. The first-order chi connectivity index (χ1) is 10.2. The van der Waals surface area contributed by atoms with E-state index in [1.807, 2.05) is 12.1 Å². The second-order valence-corrected chi connectivity index (χ2v) is 5.10. The van der Waals surface area contributed by atoms with Crippen molar-refractivity contribution in [2.24, 2.45) is 0 Å². The van der Waals surface area contributed by atoms with Crippen LogP contribution in [0.1, 0.15) is 29.8 Å². The van der Waals surface area contributed by atoms with E-state index in [0.29, 0.717) is 0 Å². The number of hydrogen-bond acceptors (Lipinski definition) is 4. The number of likely N-dealkylation sites (N-methyl/N-ethyl adjacent to an activating group) is 1. The van der Waals surface area contributed by atoms with E-state index in [2.05, 4.69) is 35.4 Å². The third-order valence-electron chi connectivity index (χ3n) is 3.61. The quantitative estimate of drug-likeness (QED) is 0.848. The molecule has 0 aliphatic carbocycles. The number of carbonyl (C=O) groups is 1. The fourth-order valence-corrected chi connectivity index (χ4v) is 2.53. The van der Waals surface area contributed by atoms with E-state index < -0.39 is 0 Å². The van der Waals surface area contributed by atoms with Gasteiger partial charge in [-0.3, -0.25) is 4.79 Å². The zero-order chi connectivity index (χ0) is 15.1.